The predicted octanol–water partition coefficient (Wildman–Crippen LogP) is 0.990. The third-order valence-electron chi connectivity index (χ3n) is 2.99. The van der Waals surface area contributed by atoms with Gasteiger partial charge in [0, 0.05) is 11.3 Å². The van der Waals surface area contributed by atoms with Gasteiger partial charge < -0.3 is 15.2 Å². The number of aryl methyl sites for hydroxylation is 1. The van der Waals surface area contributed by atoms with Gasteiger partial charge in [-0.1, -0.05) is 35.9 Å². The number of aromatic carboxylic acids is 1. The number of carbonyl (C=O) groups excluding carboxylic acids is 2. The summed E-state index contributed by atoms with van der Waals surface area (Å²) in [5.74, 6) is -2.05. The maximum Gasteiger partial charge on any atom is 0.270 e. The lowest BCUT2D eigenvalue weighted by atomic mass is 10.1. The van der Waals surface area contributed by atoms with E-state index in [4.69, 9.17) is 12.2 Å². The molecule has 3 N–H and O–H groups in total. The van der Waals surface area contributed by atoms with Crippen molar-refractivity contribution >= 4 is 34.9 Å². The molecule has 0 atom stereocenters. The number of rotatable bonds is 3. The van der Waals surface area contributed by atoms with Crippen LogP contribution in [-0.2, 0) is 0 Å². The van der Waals surface area contributed by atoms with E-state index in [1.54, 1.807) is 6.07 Å². The number of benzene rings is 2. The molecule has 0 saturated heterocycles. The number of hydrazine groups is 1. The third-order valence-corrected chi connectivity index (χ3v) is 3.19. The lowest BCUT2D eigenvalue weighted by molar-refractivity contribution is -0.255. The molecule has 0 aliphatic carbocycles. The van der Waals surface area contributed by atoms with Gasteiger partial charge in [0.05, 0.1) is 11.5 Å². The summed E-state index contributed by atoms with van der Waals surface area (Å²) in [6, 6.07) is 13.3. The first-order valence-electron chi connectivity index (χ1n) is 6.72. The fourth-order valence-electron chi connectivity index (χ4n) is 1.84. The quantitative estimate of drug-likeness (QED) is 0.575. The van der Waals surface area contributed by atoms with E-state index in [1.165, 1.54) is 18.2 Å². The number of carbonyl (C=O) groups is 2. The first-order valence-corrected chi connectivity index (χ1v) is 7.12. The minimum atomic E-state index is -1.42. The molecular weight excluding hydrogens is 314 g/mol. The van der Waals surface area contributed by atoms with Gasteiger partial charge in [-0.05, 0) is 37.3 Å². The molecule has 0 aliphatic heterocycles. The van der Waals surface area contributed by atoms with Crippen molar-refractivity contribution in [1.82, 2.24) is 10.9 Å². The molecule has 7 heteroatoms. The molecule has 2 rings (SSSR count). The molecule has 0 aliphatic rings. The predicted molar refractivity (Wildman–Crippen MR) is 88.8 cm³/mol. The van der Waals surface area contributed by atoms with Crippen molar-refractivity contribution in [3.8, 4) is 0 Å². The Bertz CT molecular complexity index is 744. The van der Waals surface area contributed by atoms with Crippen LogP contribution in [0, 0.1) is 6.92 Å². The Morgan fingerprint density at radius 2 is 1.57 bits per heavy atom. The van der Waals surface area contributed by atoms with Gasteiger partial charge in [-0.3, -0.25) is 15.6 Å². The molecule has 118 valence electrons. The first kappa shape index (κ1) is 16.4. The van der Waals surface area contributed by atoms with E-state index in [0.717, 1.165) is 11.3 Å². The zero-order valence-corrected chi connectivity index (χ0v) is 13.1. The summed E-state index contributed by atoms with van der Waals surface area (Å²) < 4.78 is 0. The van der Waals surface area contributed by atoms with E-state index in [9.17, 15) is 14.7 Å². The van der Waals surface area contributed by atoms with Gasteiger partial charge in [0.15, 0.2) is 5.11 Å². The largest absolute Gasteiger partial charge is 0.545 e. The van der Waals surface area contributed by atoms with Crippen LogP contribution in [0.5, 0.6) is 0 Å². The summed E-state index contributed by atoms with van der Waals surface area (Å²) in [7, 11) is 0. The molecule has 0 radical (unpaired) electrons. The highest BCUT2D eigenvalue weighted by Crippen LogP contribution is 2.09. The molecule has 0 heterocycles. The number of hydrogen-bond acceptors (Lipinski definition) is 4. The summed E-state index contributed by atoms with van der Waals surface area (Å²) in [5.41, 5.74) is 6.53. The van der Waals surface area contributed by atoms with E-state index < -0.39 is 11.9 Å². The van der Waals surface area contributed by atoms with Crippen LogP contribution in [0.3, 0.4) is 0 Å². The summed E-state index contributed by atoms with van der Waals surface area (Å²) in [4.78, 5) is 23.0. The second kappa shape index (κ2) is 7.37. The van der Waals surface area contributed by atoms with Crippen molar-refractivity contribution in [1.29, 1.82) is 0 Å². The van der Waals surface area contributed by atoms with Crippen LogP contribution in [0.1, 0.15) is 26.3 Å². The Labute approximate surface area is 138 Å². The van der Waals surface area contributed by atoms with Crippen LogP contribution in [0.4, 0.5) is 5.69 Å². The summed E-state index contributed by atoms with van der Waals surface area (Å²) >= 11 is 5.06. The van der Waals surface area contributed by atoms with Gasteiger partial charge in [0.2, 0.25) is 0 Å². The number of carboxylic acid groups (broad SMARTS) is 1. The van der Waals surface area contributed by atoms with Crippen molar-refractivity contribution in [2.24, 2.45) is 0 Å². The van der Waals surface area contributed by atoms with Crippen LogP contribution in [0.25, 0.3) is 0 Å². The van der Waals surface area contributed by atoms with Crippen LogP contribution in [-0.4, -0.2) is 17.0 Å². The lowest BCUT2D eigenvalue weighted by Crippen LogP contribution is -2.44. The van der Waals surface area contributed by atoms with Gasteiger partial charge >= 0.3 is 0 Å². The fourth-order valence-corrected chi connectivity index (χ4v) is 2.01. The van der Waals surface area contributed by atoms with E-state index in [-0.39, 0.29) is 16.2 Å². The molecule has 0 aromatic heterocycles. The normalized spacial score (nSPS) is 9.78. The highest BCUT2D eigenvalue weighted by molar-refractivity contribution is 7.80. The minimum absolute atomic E-state index is 0.0156. The molecule has 1 amide bonds. The molecule has 0 spiro atoms. The number of hydrogen-bond donors (Lipinski definition) is 3. The standard InChI is InChI=1S/C16H15N3O3S/c1-10-6-8-11(9-7-10)17-16(23)19-18-14(20)12-4-2-3-5-13(12)15(21)22/h2-9H,1H3,(H,18,20)(H,21,22)(H2,17,19,23)/p-1. The Morgan fingerprint density at radius 1 is 0.957 bits per heavy atom. The maximum atomic E-state index is 12.0. The summed E-state index contributed by atoms with van der Waals surface area (Å²) in [6.07, 6.45) is 0. The van der Waals surface area contributed by atoms with Crippen molar-refractivity contribution in [3.63, 3.8) is 0 Å². The maximum absolute atomic E-state index is 12.0. The Balaban J connectivity index is 1.95. The van der Waals surface area contributed by atoms with Gasteiger partial charge in [-0.25, -0.2) is 0 Å². The highest BCUT2D eigenvalue weighted by Gasteiger charge is 2.11. The van der Waals surface area contributed by atoms with Crippen LogP contribution in [0.15, 0.2) is 48.5 Å². The molecule has 2 aromatic rings. The molecule has 0 saturated carbocycles. The molecule has 6 nitrogen and oxygen atoms in total. The molecule has 23 heavy (non-hydrogen) atoms. The molecular formula is C16H14N3O3S-. The minimum Gasteiger partial charge on any atom is -0.545 e. The topological polar surface area (TPSA) is 93.3 Å². The van der Waals surface area contributed by atoms with E-state index in [0.29, 0.717) is 0 Å². The highest BCUT2D eigenvalue weighted by atomic mass is 32.1. The van der Waals surface area contributed by atoms with Crippen molar-refractivity contribution in [2.45, 2.75) is 6.92 Å². The van der Waals surface area contributed by atoms with Crippen LogP contribution >= 0.6 is 12.2 Å². The fraction of sp³-hybridized carbons (Fsp3) is 0.0625. The van der Waals surface area contributed by atoms with Crippen molar-refractivity contribution < 1.29 is 14.7 Å². The number of anilines is 1. The SMILES string of the molecule is Cc1ccc(NC(=S)NNC(=O)c2ccccc2C(=O)[O-])cc1. The number of nitrogens with one attached hydrogen (secondary N) is 3. The average Bonchev–Trinajstić information content (AvgIpc) is 2.54. The zero-order valence-electron chi connectivity index (χ0n) is 12.3. The van der Waals surface area contributed by atoms with Gasteiger partial charge in [-0.15, -0.1) is 0 Å². The monoisotopic (exact) mass is 328 g/mol. The Morgan fingerprint density at radius 3 is 2.17 bits per heavy atom. The third kappa shape index (κ3) is 4.52. The molecule has 2 aromatic carbocycles. The second-order valence-electron chi connectivity index (χ2n) is 4.73. The zero-order chi connectivity index (χ0) is 16.8. The van der Waals surface area contributed by atoms with E-state index in [1.807, 2.05) is 31.2 Å². The van der Waals surface area contributed by atoms with Gasteiger partial charge in [0.25, 0.3) is 5.91 Å². The second-order valence-corrected chi connectivity index (χ2v) is 5.14. The van der Waals surface area contributed by atoms with Gasteiger partial charge in [-0.2, -0.15) is 0 Å². The van der Waals surface area contributed by atoms with Crippen LogP contribution < -0.4 is 21.3 Å². The number of thiocarbonyl (C=S) groups is 1. The van der Waals surface area contributed by atoms with Crippen molar-refractivity contribution in [3.05, 3.63) is 65.2 Å². The molecule has 0 fully saturated rings. The van der Waals surface area contributed by atoms with Crippen molar-refractivity contribution in [2.75, 3.05) is 5.32 Å². The average molecular weight is 328 g/mol. The molecule has 0 unspecified atom stereocenters. The number of carboxylic acids is 1. The van der Waals surface area contributed by atoms with E-state index >= 15 is 0 Å². The smallest absolute Gasteiger partial charge is 0.270 e. The Kier molecular flexibility index (Phi) is 5.27. The van der Waals surface area contributed by atoms with Crippen LogP contribution in [0.2, 0.25) is 0 Å². The summed E-state index contributed by atoms with van der Waals surface area (Å²) in [6.45, 7) is 1.97. The first-order chi connectivity index (χ1) is 11.0. The summed E-state index contributed by atoms with van der Waals surface area (Å²) in [5, 5.41) is 14.0. The van der Waals surface area contributed by atoms with E-state index in [2.05, 4.69) is 16.2 Å². The lowest BCUT2D eigenvalue weighted by Gasteiger charge is -2.13. The molecule has 0 bridgehead atoms. The Hall–Kier alpha value is -2.93. The van der Waals surface area contributed by atoms with Gasteiger partial charge in [0.1, 0.15) is 0 Å². The number of amides is 1.